The third-order valence-electron chi connectivity index (χ3n) is 15.2. The van der Waals surface area contributed by atoms with Crippen LogP contribution >= 0.6 is 0 Å². The average Bonchev–Trinajstić information content (AvgIpc) is 0.885. The maximum Gasteiger partial charge on any atom is 0.216 e. The van der Waals surface area contributed by atoms with Crippen LogP contribution < -0.4 is 0 Å². The first kappa shape index (κ1) is 84.6. The third kappa shape index (κ3) is 27.4. The van der Waals surface area contributed by atoms with Crippen molar-refractivity contribution < 1.29 is 39.5 Å². The fraction of sp³-hybridized carbons (Fsp3) is 0.532. The summed E-state index contributed by atoms with van der Waals surface area (Å²) in [6.07, 6.45) is 4.20. The summed E-state index contributed by atoms with van der Waals surface area (Å²) in [7, 11) is 0. The van der Waals surface area contributed by atoms with E-state index < -0.39 is 17.5 Å². The van der Waals surface area contributed by atoms with E-state index in [0.717, 1.165) is 33.6 Å². The molecule has 0 saturated carbocycles. The smallest absolute Gasteiger partial charge is 0.216 e. The van der Waals surface area contributed by atoms with Gasteiger partial charge in [-0.1, -0.05) is 218 Å². The van der Waals surface area contributed by atoms with Crippen LogP contribution in [0, 0.1) is 52.5 Å². The molecule has 0 aliphatic carbocycles. The van der Waals surface area contributed by atoms with E-state index in [1.165, 1.54) is 42.2 Å². The molecule has 93 heavy (non-hydrogen) atoms. The highest BCUT2D eigenvalue weighted by Crippen LogP contribution is 2.31. The van der Waals surface area contributed by atoms with Crippen molar-refractivity contribution in [3.8, 4) is 0 Å². The molecule has 0 spiro atoms. The van der Waals surface area contributed by atoms with E-state index in [1.54, 1.807) is 38.2 Å². The van der Waals surface area contributed by atoms with Crippen molar-refractivity contribution in [2.24, 2.45) is 0 Å². The summed E-state index contributed by atoms with van der Waals surface area (Å²) in [5.41, 5.74) is 9.75. The number of hydrogen-bond acceptors (Lipinski definition) is 5. The number of rotatable bonds is 14. The minimum absolute atomic E-state index is 0.0169. The van der Waals surface area contributed by atoms with E-state index in [-0.39, 0.29) is 99.8 Å². The topological polar surface area (TPSA) is 64.5 Å². The first-order chi connectivity index (χ1) is 43.0. The first-order valence-corrected chi connectivity index (χ1v) is 33.2. The minimum atomic E-state index is -0.736. The molecule has 0 amide bonds. The van der Waals surface area contributed by atoms with Crippen molar-refractivity contribution in [1.29, 1.82) is 0 Å². The number of pyridine rings is 3. The van der Waals surface area contributed by atoms with Crippen molar-refractivity contribution in [3.05, 3.63) is 216 Å². The van der Waals surface area contributed by atoms with E-state index in [4.69, 9.17) is 0 Å². The summed E-state index contributed by atoms with van der Waals surface area (Å²) in [6.45, 7) is 55.4. The third-order valence-corrected chi connectivity index (χ3v) is 15.2. The number of hydrogen-bond donors (Lipinski definition) is 0. The molecule has 0 atom stereocenters. The van der Waals surface area contributed by atoms with Gasteiger partial charge in [-0.3, -0.25) is 9.97 Å². The Morgan fingerprint density at radius 3 is 1.14 bits per heavy atom. The molecular weight excluding hydrogens is 1190 g/mol. The van der Waals surface area contributed by atoms with Gasteiger partial charge in [0.25, 0.3) is 0 Å². The summed E-state index contributed by atoms with van der Waals surface area (Å²) >= 11 is 0. The van der Waals surface area contributed by atoms with Gasteiger partial charge in [0, 0.05) is 34.6 Å². The molecule has 0 aliphatic heterocycles. The van der Waals surface area contributed by atoms with Crippen molar-refractivity contribution in [3.63, 3.8) is 0 Å². The predicted octanol–water partition coefficient (Wildman–Crippen LogP) is 25.8. The molecule has 516 valence electrons. The van der Waals surface area contributed by atoms with Crippen LogP contribution in [0.5, 0.6) is 0 Å². The van der Waals surface area contributed by atoms with Crippen LogP contribution in [-0.4, -0.2) is 24.9 Å². The molecule has 7 aromatic rings. The Morgan fingerprint density at radius 1 is 0.247 bits per heavy atom. The van der Waals surface area contributed by atoms with Gasteiger partial charge in [0.2, 0.25) is 5.95 Å². The second-order valence-electron chi connectivity index (χ2n) is 28.1. The Hall–Kier alpha value is -6.44. The Kier molecular flexibility index (Phi) is 36.4. The SMILES string of the molecule is CC(C)c1cc(C(C)C)c(F)cn1.CC(C)c1cc(F)c(F)c(C(C)C)c1.CC(C)c1ccc(F)c(C(C)C)c1.CC(C)c1ccc(F)c(C(C)C)c1F.CC(C)c1ccc(F)c(C(C)C)n1.CC(C)c1cnc(F)c(C(C)C)c1.CC(C)c1ncc(F)c(C(C)C)n1. The zero-order valence-electron chi connectivity index (χ0n) is 61.3. The van der Waals surface area contributed by atoms with E-state index in [2.05, 4.69) is 80.3 Å². The van der Waals surface area contributed by atoms with Gasteiger partial charge < -0.3 is 0 Å². The second kappa shape index (κ2) is 40.1. The number of nitrogens with zero attached hydrogens (tertiary/aromatic N) is 5. The molecule has 0 fully saturated rings. The molecule has 14 heteroatoms. The van der Waals surface area contributed by atoms with Gasteiger partial charge in [0.15, 0.2) is 17.5 Å². The molecule has 5 nitrogen and oxygen atoms in total. The Labute approximate surface area is 555 Å². The molecule has 3 aromatic carbocycles. The fourth-order valence-corrected chi connectivity index (χ4v) is 9.02. The van der Waals surface area contributed by atoms with Gasteiger partial charge in [-0.15, -0.1) is 0 Å². The van der Waals surface area contributed by atoms with Crippen molar-refractivity contribution in [2.75, 3.05) is 0 Å². The van der Waals surface area contributed by atoms with Crippen molar-refractivity contribution in [1.82, 2.24) is 24.9 Å². The fourth-order valence-electron chi connectivity index (χ4n) is 9.02. The predicted molar refractivity (Wildman–Crippen MR) is 371 cm³/mol. The quantitative estimate of drug-likeness (QED) is 0.0802. The average molecular weight is 1300 g/mol. The van der Waals surface area contributed by atoms with Gasteiger partial charge in [-0.2, -0.15) is 4.39 Å². The molecule has 7 rings (SSSR count). The number of aromatic nitrogens is 5. The van der Waals surface area contributed by atoms with Crippen LogP contribution in [-0.2, 0) is 0 Å². The summed E-state index contributed by atoms with van der Waals surface area (Å²) in [6, 6.07) is 18.4. The van der Waals surface area contributed by atoms with Crippen molar-refractivity contribution >= 4 is 0 Å². The highest BCUT2D eigenvalue weighted by atomic mass is 19.2. The lowest BCUT2D eigenvalue weighted by molar-refractivity contribution is 0.491. The second-order valence-corrected chi connectivity index (χ2v) is 28.1. The largest absolute Gasteiger partial charge is 0.258 e. The Bertz CT molecular complexity index is 3000. The van der Waals surface area contributed by atoms with E-state index in [0.29, 0.717) is 57.6 Å². The summed E-state index contributed by atoms with van der Waals surface area (Å²) in [5.74, 6) is 0.346. The van der Waals surface area contributed by atoms with Crippen LogP contribution in [0.2, 0.25) is 0 Å². The molecule has 0 bridgehead atoms. The van der Waals surface area contributed by atoms with Gasteiger partial charge in [-0.25, -0.2) is 50.1 Å². The molecule has 0 radical (unpaired) electrons. The summed E-state index contributed by atoms with van der Waals surface area (Å²) in [5, 5.41) is 0. The maximum absolute atomic E-state index is 13.8. The van der Waals surface area contributed by atoms with E-state index in [1.807, 2.05) is 149 Å². The van der Waals surface area contributed by atoms with E-state index in [9.17, 15) is 39.5 Å². The Morgan fingerprint density at radius 2 is 0.688 bits per heavy atom. The molecule has 0 unspecified atom stereocenters. The van der Waals surface area contributed by atoms with Crippen LogP contribution in [0.3, 0.4) is 0 Å². The lowest BCUT2D eigenvalue weighted by Gasteiger charge is -2.14. The highest BCUT2D eigenvalue weighted by Gasteiger charge is 2.20. The van der Waals surface area contributed by atoms with E-state index >= 15 is 0 Å². The zero-order chi connectivity index (χ0) is 71.8. The lowest BCUT2D eigenvalue weighted by Crippen LogP contribution is -2.05. The standard InChI is InChI=1S/2C12H16F2.C12H17F.3C11H16FN.C10H15FN2/c1-7(2)9-5-10(8(3)4)12(14)11(13)6-9;1-7(2)9-5-6-10(13)11(8(3)4)12(9)14;1-8(2)10-5-6-12(13)11(7-10)9(3)4;1-7(2)9-5-11(8(3)4)13-6-10(9)12;1-7(2)9-5-10(8(3)4)11(12)13-6-9;1-7(2)10-6-5-9(12)11(13-10)8(3)4;1-6(2)9-8(11)5-12-10(13-9)7(3)4/h2*5-8H,1-4H3;5-9H,1-4H3;3*5-8H,1-4H3;5-7H,1-4H3. The molecule has 4 aromatic heterocycles. The lowest BCUT2D eigenvalue weighted by atomic mass is 9.94. The summed E-state index contributed by atoms with van der Waals surface area (Å²) in [4.78, 5) is 20.2. The maximum atomic E-state index is 13.8. The van der Waals surface area contributed by atoms with Gasteiger partial charge in [0.05, 0.1) is 23.8 Å². The van der Waals surface area contributed by atoms with Crippen LogP contribution in [0.4, 0.5) is 39.5 Å². The van der Waals surface area contributed by atoms with Crippen LogP contribution in [0.15, 0.2) is 85.3 Å². The van der Waals surface area contributed by atoms with Crippen LogP contribution in [0.25, 0.3) is 0 Å². The van der Waals surface area contributed by atoms with Gasteiger partial charge in [-0.05, 0) is 158 Å². The number of benzene rings is 3. The molecule has 0 aliphatic rings. The Balaban J connectivity index is 0.000000543. The molecule has 4 heterocycles. The summed E-state index contributed by atoms with van der Waals surface area (Å²) < 4.78 is 120. The molecule has 0 saturated heterocycles. The number of halogens is 9. The monoisotopic (exact) mass is 1300 g/mol. The van der Waals surface area contributed by atoms with Crippen LogP contribution in [0.1, 0.15) is 355 Å². The van der Waals surface area contributed by atoms with Gasteiger partial charge >= 0.3 is 0 Å². The molecular formula is C79H112F9N5. The van der Waals surface area contributed by atoms with Gasteiger partial charge in [0.1, 0.15) is 34.9 Å². The first-order valence-electron chi connectivity index (χ1n) is 33.2. The normalized spacial score (nSPS) is 11.3. The minimum Gasteiger partial charge on any atom is -0.258 e. The van der Waals surface area contributed by atoms with Crippen molar-refractivity contribution in [2.45, 2.75) is 277 Å². The molecule has 0 N–H and O–H groups in total. The highest BCUT2D eigenvalue weighted by molar-refractivity contribution is 5.33. The zero-order valence-corrected chi connectivity index (χ0v) is 61.3.